The van der Waals surface area contributed by atoms with Crippen LogP contribution in [0, 0.1) is 5.92 Å². The zero-order valence-corrected chi connectivity index (χ0v) is 18.5. The minimum atomic E-state index is -1.22. The summed E-state index contributed by atoms with van der Waals surface area (Å²) < 4.78 is 0.693. The summed E-state index contributed by atoms with van der Waals surface area (Å²) in [6.07, 6.45) is 2.01. The van der Waals surface area contributed by atoms with Crippen molar-refractivity contribution < 1.29 is 29.7 Å². The molecule has 0 bridgehead atoms. The zero-order chi connectivity index (χ0) is 22.5. The second kappa shape index (κ2) is 8.36. The van der Waals surface area contributed by atoms with Crippen LogP contribution in [0.2, 0.25) is 0 Å². The number of carbonyl (C=O) groups excluding carboxylic acids is 2. The van der Waals surface area contributed by atoms with Crippen LogP contribution in [0.5, 0.6) is 0 Å². The topological polar surface area (TPSA) is 134 Å². The molecule has 3 saturated heterocycles. The van der Waals surface area contributed by atoms with E-state index in [0.29, 0.717) is 32.6 Å². The van der Waals surface area contributed by atoms with E-state index in [2.05, 4.69) is 5.32 Å². The Morgan fingerprint density at radius 3 is 2.77 bits per heavy atom. The van der Waals surface area contributed by atoms with Gasteiger partial charge in [-0.15, -0.1) is 0 Å². The molecule has 6 atom stereocenters. The van der Waals surface area contributed by atoms with Crippen molar-refractivity contribution >= 4 is 29.7 Å². The van der Waals surface area contributed by atoms with Crippen LogP contribution in [0.25, 0.3) is 0 Å². The van der Waals surface area contributed by atoms with Crippen molar-refractivity contribution in [3.05, 3.63) is 11.8 Å². The Morgan fingerprint density at radius 2 is 2.13 bits per heavy atom. The van der Waals surface area contributed by atoms with E-state index < -0.39 is 34.8 Å². The SMILES string of the molecule is CC1C=C(C(=O)O)N2C(=O)C(SN3CCCC3C(=O)N3CCNC(CO)C3)(C(C)O)[C@H]12. The number of hydrogen-bond donors (Lipinski definition) is 4. The van der Waals surface area contributed by atoms with Crippen LogP contribution >= 0.6 is 11.9 Å². The molecular weight excluding hydrogens is 424 g/mol. The fourth-order valence-electron chi connectivity index (χ4n) is 5.29. The molecule has 11 heteroatoms. The Morgan fingerprint density at radius 1 is 1.39 bits per heavy atom. The van der Waals surface area contributed by atoms with Crippen LogP contribution in [0.3, 0.4) is 0 Å². The van der Waals surface area contributed by atoms with Gasteiger partial charge in [0.05, 0.1) is 24.8 Å². The molecule has 4 rings (SSSR count). The Bertz CT molecular complexity index is 807. The molecule has 0 radical (unpaired) electrons. The van der Waals surface area contributed by atoms with E-state index in [9.17, 15) is 29.7 Å². The number of aliphatic carboxylic acids is 1. The summed E-state index contributed by atoms with van der Waals surface area (Å²) >= 11 is 1.21. The summed E-state index contributed by atoms with van der Waals surface area (Å²) in [6.45, 7) is 5.59. The maximum absolute atomic E-state index is 13.3. The van der Waals surface area contributed by atoms with Gasteiger partial charge in [0.25, 0.3) is 0 Å². The second-order valence-corrected chi connectivity index (χ2v) is 10.1. The van der Waals surface area contributed by atoms with Gasteiger partial charge in [-0.1, -0.05) is 18.9 Å². The van der Waals surface area contributed by atoms with Gasteiger partial charge in [-0.05, 0) is 31.8 Å². The predicted molar refractivity (Wildman–Crippen MR) is 113 cm³/mol. The molecule has 4 aliphatic rings. The Hall–Kier alpha value is -1.66. The van der Waals surface area contributed by atoms with Gasteiger partial charge < -0.3 is 25.5 Å². The smallest absolute Gasteiger partial charge is 0.352 e. The molecule has 4 N–H and O–H groups in total. The molecule has 10 nitrogen and oxygen atoms in total. The lowest BCUT2D eigenvalue weighted by molar-refractivity contribution is -0.158. The van der Waals surface area contributed by atoms with Gasteiger partial charge in [0.1, 0.15) is 5.70 Å². The number of nitrogens with one attached hydrogen (secondary N) is 1. The van der Waals surface area contributed by atoms with Crippen molar-refractivity contribution in [1.29, 1.82) is 0 Å². The van der Waals surface area contributed by atoms with E-state index in [1.165, 1.54) is 16.8 Å². The maximum atomic E-state index is 13.3. The number of rotatable bonds is 6. The summed E-state index contributed by atoms with van der Waals surface area (Å²) in [5.41, 5.74) is -0.0377. The number of fused-ring (bicyclic) bond motifs is 1. The highest BCUT2D eigenvalue weighted by Crippen LogP contribution is 2.55. The first kappa shape index (κ1) is 22.5. The average molecular weight is 455 g/mol. The molecule has 4 heterocycles. The molecule has 5 unspecified atom stereocenters. The average Bonchev–Trinajstić information content (AvgIpc) is 3.33. The standard InChI is InChI=1S/C20H30N4O6S/c1-11-8-15(18(28)29)24-16(11)20(12(2)26,19(24)30)31-23-6-3-4-14(23)17(27)22-7-5-21-13(9-22)10-25/h8,11-14,16,21,25-26H,3-7,9-10H2,1-2H3,(H,28,29)/t11?,12?,13?,14?,16-,20?/m0/s1. The Labute approximate surface area is 185 Å². The van der Waals surface area contributed by atoms with Crippen LogP contribution < -0.4 is 5.32 Å². The third-order valence-electron chi connectivity index (χ3n) is 6.83. The van der Waals surface area contributed by atoms with Gasteiger partial charge >= 0.3 is 5.97 Å². The lowest BCUT2D eigenvalue weighted by Crippen LogP contribution is -2.76. The number of piperazine rings is 1. The molecule has 0 aliphatic carbocycles. The summed E-state index contributed by atoms with van der Waals surface area (Å²) in [4.78, 5) is 41.1. The van der Waals surface area contributed by atoms with E-state index in [-0.39, 0.29) is 30.2 Å². The van der Waals surface area contributed by atoms with Crippen molar-refractivity contribution in [2.24, 2.45) is 5.92 Å². The fraction of sp³-hybridized carbons (Fsp3) is 0.750. The number of hydrogen-bond acceptors (Lipinski definition) is 8. The normalized spacial score (nSPS) is 36.8. The van der Waals surface area contributed by atoms with Gasteiger partial charge in [0.2, 0.25) is 11.8 Å². The van der Waals surface area contributed by atoms with Gasteiger partial charge in [0.15, 0.2) is 4.75 Å². The van der Waals surface area contributed by atoms with E-state index in [4.69, 9.17) is 0 Å². The number of amides is 2. The number of carbonyl (C=O) groups is 3. The number of β-lactam (4-membered cyclic amide) rings is 1. The maximum Gasteiger partial charge on any atom is 0.352 e. The molecule has 172 valence electrons. The van der Waals surface area contributed by atoms with Crippen LogP contribution in [0.15, 0.2) is 11.8 Å². The first-order chi connectivity index (χ1) is 14.7. The van der Waals surface area contributed by atoms with Gasteiger partial charge in [-0.3, -0.25) is 14.5 Å². The van der Waals surface area contributed by atoms with Crippen molar-refractivity contribution in [3.8, 4) is 0 Å². The minimum Gasteiger partial charge on any atom is -0.477 e. The van der Waals surface area contributed by atoms with Crippen molar-refractivity contribution in [3.63, 3.8) is 0 Å². The highest BCUT2D eigenvalue weighted by Gasteiger charge is 2.70. The monoisotopic (exact) mass is 454 g/mol. The number of carboxylic acids is 1. The van der Waals surface area contributed by atoms with E-state index in [1.54, 1.807) is 17.9 Å². The third-order valence-corrected chi connectivity index (χ3v) is 8.56. The van der Waals surface area contributed by atoms with E-state index in [0.717, 1.165) is 6.42 Å². The third kappa shape index (κ3) is 3.46. The summed E-state index contributed by atoms with van der Waals surface area (Å²) in [5.74, 6) is -1.83. The lowest BCUT2D eigenvalue weighted by atomic mass is 9.78. The number of nitrogens with zero attached hydrogens (tertiary/aromatic N) is 3. The van der Waals surface area contributed by atoms with E-state index in [1.807, 2.05) is 11.2 Å². The first-order valence-electron chi connectivity index (χ1n) is 10.8. The molecule has 3 fully saturated rings. The second-order valence-electron chi connectivity index (χ2n) is 8.81. The molecular formula is C20H30N4O6S. The van der Waals surface area contributed by atoms with Crippen LogP contribution in [0.1, 0.15) is 26.7 Å². The molecule has 0 aromatic rings. The molecule has 0 saturated carbocycles. The number of aliphatic hydroxyl groups is 2. The molecule has 0 spiro atoms. The summed E-state index contributed by atoms with van der Waals surface area (Å²) in [7, 11) is 0. The predicted octanol–water partition coefficient (Wildman–Crippen LogP) is -1.16. The minimum absolute atomic E-state index is 0.0295. The Balaban J connectivity index is 1.53. The number of carboxylic acid groups (broad SMARTS) is 1. The fourth-order valence-corrected chi connectivity index (χ4v) is 6.98. The lowest BCUT2D eigenvalue weighted by Gasteiger charge is -2.56. The summed E-state index contributed by atoms with van der Waals surface area (Å²) in [6, 6.07) is -1.03. The van der Waals surface area contributed by atoms with Crippen molar-refractivity contribution in [1.82, 2.24) is 19.4 Å². The van der Waals surface area contributed by atoms with Gasteiger partial charge in [-0.25, -0.2) is 9.10 Å². The highest BCUT2D eigenvalue weighted by atomic mass is 32.2. The van der Waals surface area contributed by atoms with Crippen molar-refractivity contribution in [2.45, 2.75) is 55.7 Å². The van der Waals surface area contributed by atoms with E-state index >= 15 is 0 Å². The van der Waals surface area contributed by atoms with Gasteiger partial charge in [0, 0.05) is 32.2 Å². The molecule has 31 heavy (non-hydrogen) atoms. The highest BCUT2D eigenvalue weighted by molar-refractivity contribution is 7.99. The Kier molecular flexibility index (Phi) is 6.08. The molecule has 2 amide bonds. The molecule has 4 aliphatic heterocycles. The number of aliphatic hydroxyl groups excluding tert-OH is 2. The molecule has 0 aromatic carbocycles. The zero-order valence-electron chi connectivity index (χ0n) is 17.7. The van der Waals surface area contributed by atoms with Crippen molar-refractivity contribution in [2.75, 3.05) is 32.8 Å². The van der Waals surface area contributed by atoms with Crippen LogP contribution in [0.4, 0.5) is 0 Å². The van der Waals surface area contributed by atoms with Crippen LogP contribution in [-0.2, 0) is 14.4 Å². The van der Waals surface area contributed by atoms with Gasteiger partial charge in [-0.2, -0.15) is 0 Å². The summed E-state index contributed by atoms with van der Waals surface area (Å²) in [5, 5.41) is 32.7. The quantitative estimate of drug-likeness (QED) is 0.290. The van der Waals surface area contributed by atoms with Crippen LogP contribution in [-0.4, -0.2) is 109 Å². The first-order valence-corrected chi connectivity index (χ1v) is 11.5. The largest absolute Gasteiger partial charge is 0.477 e. The molecule has 0 aromatic heterocycles.